The van der Waals surface area contributed by atoms with Crippen LogP contribution in [0.1, 0.15) is 19.8 Å². The van der Waals surface area contributed by atoms with Gasteiger partial charge in [-0.1, -0.05) is 6.07 Å². The lowest BCUT2D eigenvalue weighted by molar-refractivity contribution is -0.142. The minimum atomic E-state index is -0.399. The summed E-state index contributed by atoms with van der Waals surface area (Å²) in [6.45, 7) is 2.96. The molecule has 1 aliphatic rings. The highest BCUT2D eigenvalue weighted by atomic mass is 16.5. The van der Waals surface area contributed by atoms with Crippen molar-refractivity contribution in [2.75, 3.05) is 32.1 Å². The van der Waals surface area contributed by atoms with Crippen LogP contribution in [0.3, 0.4) is 0 Å². The fourth-order valence-electron chi connectivity index (χ4n) is 2.40. The molecule has 1 unspecified atom stereocenters. The Morgan fingerprint density at radius 1 is 1.45 bits per heavy atom. The van der Waals surface area contributed by atoms with E-state index in [2.05, 4.69) is 5.32 Å². The molecule has 0 bridgehead atoms. The Balaban J connectivity index is 1.92. The zero-order chi connectivity index (χ0) is 15.9. The van der Waals surface area contributed by atoms with Crippen molar-refractivity contribution in [1.29, 1.82) is 0 Å². The Morgan fingerprint density at radius 3 is 2.91 bits per heavy atom. The van der Waals surface area contributed by atoms with Gasteiger partial charge in [-0.05, 0) is 31.9 Å². The van der Waals surface area contributed by atoms with Crippen molar-refractivity contribution in [2.45, 2.75) is 25.9 Å². The van der Waals surface area contributed by atoms with E-state index in [0.29, 0.717) is 24.6 Å². The highest BCUT2D eigenvalue weighted by molar-refractivity contribution is 5.95. The molecule has 0 spiro atoms. The molecule has 1 saturated heterocycles. The van der Waals surface area contributed by atoms with E-state index in [1.807, 2.05) is 6.92 Å². The van der Waals surface area contributed by atoms with Gasteiger partial charge in [0, 0.05) is 24.9 Å². The van der Waals surface area contributed by atoms with Gasteiger partial charge >= 0.3 is 0 Å². The molecule has 22 heavy (non-hydrogen) atoms. The molecular weight excluding hydrogens is 284 g/mol. The molecule has 1 N–H and O–H groups in total. The van der Waals surface area contributed by atoms with Crippen LogP contribution >= 0.6 is 0 Å². The van der Waals surface area contributed by atoms with Crippen LogP contribution in [0.4, 0.5) is 5.69 Å². The third kappa shape index (κ3) is 4.21. The van der Waals surface area contributed by atoms with Crippen LogP contribution in [0, 0.1) is 0 Å². The molecule has 6 heteroatoms. The summed E-state index contributed by atoms with van der Waals surface area (Å²) >= 11 is 0. The molecule has 1 heterocycles. The summed E-state index contributed by atoms with van der Waals surface area (Å²) in [5, 5.41) is 2.77. The van der Waals surface area contributed by atoms with Crippen molar-refractivity contribution in [3.63, 3.8) is 0 Å². The molecule has 2 rings (SSSR count). The summed E-state index contributed by atoms with van der Waals surface area (Å²) < 4.78 is 10.5. The molecular formula is C16H22N2O4. The van der Waals surface area contributed by atoms with Crippen molar-refractivity contribution >= 4 is 17.5 Å². The van der Waals surface area contributed by atoms with Gasteiger partial charge in [0.15, 0.2) is 0 Å². The lowest BCUT2D eigenvalue weighted by atomic mass is 10.2. The SMILES string of the molecule is CCN(CC(=O)Nc1cccc(OC)c1)C(=O)C1CCCO1. The molecule has 6 nitrogen and oxygen atoms in total. The molecule has 1 fully saturated rings. The van der Waals surface area contributed by atoms with Gasteiger partial charge in [0.25, 0.3) is 5.91 Å². The summed E-state index contributed by atoms with van der Waals surface area (Å²) in [6, 6.07) is 7.10. The summed E-state index contributed by atoms with van der Waals surface area (Å²) in [5.74, 6) is 0.322. The standard InChI is InChI=1S/C16H22N2O4/c1-3-18(16(20)14-8-5-9-22-14)11-15(19)17-12-6-4-7-13(10-12)21-2/h4,6-7,10,14H,3,5,8-9,11H2,1-2H3,(H,17,19). The highest BCUT2D eigenvalue weighted by Crippen LogP contribution is 2.17. The number of nitrogens with zero attached hydrogens (tertiary/aromatic N) is 1. The lowest BCUT2D eigenvalue weighted by Crippen LogP contribution is -2.43. The number of amides is 2. The molecule has 0 radical (unpaired) electrons. The molecule has 1 atom stereocenters. The quantitative estimate of drug-likeness (QED) is 0.868. The first-order valence-electron chi connectivity index (χ1n) is 7.48. The normalized spacial score (nSPS) is 17.1. The fraction of sp³-hybridized carbons (Fsp3) is 0.500. The number of carbonyl (C=O) groups excluding carboxylic acids is 2. The number of nitrogens with one attached hydrogen (secondary N) is 1. The van der Waals surface area contributed by atoms with Gasteiger partial charge in [0.05, 0.1) is 13.7 Å². The van der Waals surface area contributed by atoms with Crippen LogP contribution in [-0.2, 0) is 14.3 Å². The average molecular weight is 306 g/mol. The van der Waals surface area contributed by atoms with Crippen molar-refractivity contribution in [3.05, 3.63) is 24.3 Å². The zero-order valence-electron chi connectivity index (χ0n) is 13.0. The third-order valence-corrected chi connectivity index (χ3v) is 3.59. The second kappa shape index (κ2) is 7.79. The van der Waals surface area contributed by atoms with Gasteiger partial charge in [-0.3, -0.25) is 9.59 Å². The van der Waals surface area contributed by atoms with E-state index < -0.39 is 6.10 Å². The maximum Gasteiger partial charge on any atom is 0.252 e. The Hall–Kier alpha value is -2.08. The van der Waals surface area contributed by atoms with Crippen LogP contribution in [-0.4, -0.2) is 49.6 Å². The van der Waals surface area contributed by atoms with Gasteiger partial charge in [0.1, 0.15) is 11.9 Å². The van der Waals surface area contributed by atoms with Crippen LogP contribution < -0.4 is 10.1 Å². The van der Waals surface area contributed by atoms with Gasteiger partial charge in [-0.25, -0.2) is 0 Å². The number of carbonyl (C=O) groups is 2. The molecule has 120 valence electrons. The number of methoxy groups -OCH3 is 1. The van der Waals surface area contributed by atoms with Gasteiger partial charge in [-0.15, -0.1) is 0 Å². The molecule has 0 aliphatic carbocycles. The van der Waals surface area contributed by atoms with Crippen LogP contribution in [0.2, 0.25) is 0 Å². The third-order valence-electron chi connectivity index (χ3n) is 3.59. The minimum absolute atomic E-state index is 0.0202. The zero-order valence-corrected chi connectivity index (χ0v) is 13.0. The average Bonchev–Trinajstić information content (AvgIpc) is 3.06. The Bertz CT molecular complexity index is 527. The summed E-state index contributed by atoms with van der Waals surface area (Å²) in [6.07, 6.45) is 1.22. The van der Waals surface area contributed by atoms with Crippen LogP contribution in [0.15, 0.2) is 24.3 Å². The number of hydrogen-bond acceptors (Lipinski definition) is 4. The number of ether oxygens (including phenoxy) is 2. The van der Waals surface area contributed by atoms with E-state index >= 15 is 0 Å². The number of rotatable bonds is 6. The number of likely N-dealkylation sites (N-methyl/N-ethyl adjacent to an activating group) is 1. The van der Waals surface area contributed by atoms with E-state index in [1.54, 1.807) is 31.4 Å². The summed E-state index contributed by atoms with van der Waals surface area (Å²) in [4.78, 5) is 25.9. The van der Waals surface area contributed by atoms with Gasteiger partial charge in [0.2, 0.25) is 5.91 Å². The van der Waals surface area contributed by atoms with Crippen LogP contribution in [0.25, 0.3) is 0 Å². The topological polar surface area (TPSA) is 67.9 Å². The number of benzene rings is 1. The minimum Gasteiger partial charge on any atom is -0.497 e. The van der Waals surface area contributed by atoms with Gasteiger partial charge < -0.3 is 19.7 Å². The first-order valence-corrected chi connectivity index (χ1v) is 7.48. The maximum absolute atomic E-state index is 12.3. The summed E-state index contributed by atoms with van der Waals surface area (Å²) in [5.41, 5.74) is 0.643. The van der Waals surface area contributed by atoms with Crippen molar-refractivity contribution in [2.24, 2.45) is 0 Å². The van der Waals surface area contributed by atoms with Crippen LogP contribution in [0.5, 0.6) is 5.75 Å². The smallest absolute Gasteiger partial charge is 0.252 e. The summed E-state index contributed by atoms with van der Waals surface area (Å²) in [7, 11) is 1.57. The Kier molecular flexibility index (Phi) is 5.77. The Morgan fingerprint density at radius 2 is 2.27 bits per heavy atom. The second-order valence-electron chi connectivity index (χ2n) is 5.13. The van der Waals surface area contributed by atoms with Gasteiger partial charge in [-0.2, -0.15) is 0 Å². The first kappa shape index (κ1) is 16.3. The second-order valence-corrected chi connectivity index (χ2v) is 5.13. The number of anilines is 1. The molecule has 1 aromatic carbocycles. The van der Waals surface area contributed by atoms with Crippen molar-refractivity contribution in [3.8, 4) is 5.75 Å². The molecule has 2 amide bonds. The molecule has 1 aromatic rings. The predicted molar refractivity (Wildman–Crippen MR) is 82.9 cm³/mol. The fourth-order valence-corrected chi connectivity index (χ4v) is 2.40. The predicted octanol–water partition coefficient (Wildman–Crippen LogP) is 1.66. The number of hydrogen-bond donors (Lipinski definition) is 1. The van der Waals surface area contributed by atoms with E-state index in [4.69, 9.17) is 9.47 Å². The van der Waals surface area contributed by atoms with E-state index in [-0.39, 0.29) is 18.4 Å². The van der Waals surface area contributed by atoms with Crippen molar-refractivity contribution in [1.82, 2.24) is 4.90 Å². The monoisotopic (exact) mass is 306 g/mol. The molecule has 0 aromatic heterocycles. The van der Waals surface area contributed by atoms with Crippen molar-refractivity contribution < 1.29 is 19.1 Å². The first-order chi connectivity index (χ1) is 10.6. The van der Waals surface area contributed by atoms with E-state index in [1.165, 1.54) is 4.90 Å². The molecule has 0 saturated carbocycles. The highest BCUT2D eigenvalue weighted by Gasteiger charge is 2.28. The van der Waals surface area contributed by atoms with E-state index in [0.717, 1.165) is 12.8 Å². The molecule has 1 aliphatic heterocycles. The Labute approximate surface area is 130 Å². The van der Waals surface area contributed by atoms with E-state index in [9.17, 15) is 9.59 Å². The largest absolute Gasteiger partial charge is 0.497 e. The maximum atomic E-state index is 12.3. The lowest BCUT2D eigenvalue weighted by Gasteiger charge is -2.23.